The first kappa shape index (κ1) is 10.4. The average molecular weight is 267 g/mol. The van der Waals surface area contributed by atoms with Gasteiger partial charge in [-0.25, -0.2) is 4.98 Å². The van der Waals surface area contributed by atoms with Crippen LogP contribution in [-0.4, -0.2) is 9.55 Å². The molecule has 0 bridgehead atoms. The number of fused-ring (bicyclic) bond motifs is 1. The molecular formula is C11H11BrN2O. The van der Waals surface area contributed by atoms with E-state index in [9.17, 15) is 4.79 Å². The predicted octanol–water partition coefficient (Wildman–Crippen LogP) is 2.49. The van der Waals surface area contributed by atoms with Crippen molar-refractivity contribution in [2.45, 2.75) is 20.4 Å². The van der Waals surface area contributed by atoms with Crippen LogP contribution in [0.3, 0.4) is 0 Å². The molecule has 1 heterocycles. The second-order valence-electron chi connectivity index (χ2n) is 3.37. The summed E-state index contributed by atoms with van der Waals surface area (Å²) in [4.78, 5) is 16.4. The molecule has 0 spiro atoms. The van der Waals surface area contributed by atoms with Crippen LogP contribution in [0.15, 0.2) is 27.5 Å². The van der Waals surface area contributed by atoms with Crippen molar-refractivity contribution in [2.75, 3.05) is 0 Å². The van der Waals surface area contributed by atoms with E-state index in [-0.39, 0.29) is 5.56 Å². The summed E-state index contributed by atoms with van der Waals surface area (Å²) in [5.74, 6) is 0.758. The van der Waals surface area contributed by atoms with Gasteiger partial charge >= 0.3 is 0 Å². The molecule has 0 unspecified atom stereocenters. The molecule has 2 rings (SSSR count). The second kappa shape index (κ2) is 3.77. The topological polar surface area (TPSA) is 34.9 Å². The molecule has 0 aliphatic heterocycles. The molecule has 0 amide bonds. The molecule has 1 aromatic carbocycles. The van der Waals surface area contributed by atoms with Crippen LogP contribution in [0.5, 0.6) is 0 Å². The molecule has 0 radical (unpaired) electrons. The molecule has 0 atom stereocenters. The Hall–Kier alpha value is -1.16. The quantitative estimate of drug-likeness (QED) is 0.795. The van der Waals surface area contributed by atoms with Crippen LogP contribution in [0.2, 0.25) is 0 Å². The van der Waals surface area contributed by atoms with Crippen molar-refractivity contribution >= 4 is 26.8 Å². The minimum atomic E-state index is 0.0347. The lowest BCUT2D eigenvalue weighted by molar-refractivity contribution is 0.685. The highest BCUT2D eigenvalue weighted by molar-refractivity contribution is 9.10. The van der Waals surface area contributed by atoms with Crippen molar-refractivity contribution in [1.82, 2.24) is 9.55 Å². The molecule has 15 heavy (non-hydrogen) atoms. The van der Waals surface area contributed by atoms with Gasteiger partial charge in [-0.15, -0.1) is 0 Å². The van der Waals surface area contributed by atoms with Gasteiger partial charge < -0.3 is 0 Å². The lowest BCUT2D eigenvalue weighted by atomic mass is 10.2. The Labute approximate surface area is 95.9 Å². The third-order valence-electron chi connectivity index (χ3n) is 2.42. The Balaban J connectivity index is 2.91. The summed E-state index contributed by atoms with van der Waals surface area (Å²) in [7, 11) is 0. The molecule has 0 aliphatic rings. The highest BCUT2D eigenvalue weighted by Crippen LogP contribution is 2.15. The molecule has 0 aliphatic carbocycles. The lowest BCUT2D eigenvalue weighted by Gasteiger charge is -2.07. The van der Waals surface area contributed by atoms with Crippen LogP contribution < -0.4 is 5.56 Å². The number of benzene rings is 1. The van der Waals surface area contributed by atoms with Crippen LogP contribution in [-0.2, 0) is 6.54 Å². The van der Waals surface area contributed by atoms with E-state index >= 15 is 0 Å². The van der Waals surface area contributed by atoms with Crippen molar-refractivity contribution in [1.29, 1.82) is 0 Å². The average Bonchev–Trinajstić information content (AvgIpc) is 2.17. The predicted molar refractivity (Wildman–Crippen MR) is 64.1 cm³/mol. The summed E-state index contributed by atoms with van der Waals surface area (Å²) in [6.07, 6.45) is 0. The van der Waals surface area contributed by atoms with Crippen LogP contribution >= 0.6 is 15.9 Å². The van der Waals surface area contributed by atoms with Crippen molar-refractivity contribution in [3.05, 3.63) is 38.9 Å². The highest BCUT2D eigenvalue weighted by atomic mass is 79.9. The first-order valence-electron chi connectivity index (χ1n) is 4.80. The Bertz CT molecular complexity index is 575. The van der Waals surface area contributed by atoms with E-state index in [0.717, 1.165) is 15.8 Å². The first-order chi connectivity index (χ1) is 7.13. The fourth-order valence-corrected chi connectivity index (χ4v) is 2.03. The number of halogens is 1. The van der Waals surface area contributed by atoms with E-state index in [0.29, 0.717) is 11.9 Å². The summed E-state index contributed by atoms with van der Waals surface area (Å²) in [6.45, 7) is 4.45. The molecule has 2 aromatic rings. The minimum Gasteiger partial charge on any atom is -0.297 e. The highest BCUT2D eigenvalue weighted by Gasteiger charge is 2.06. The van der Waals surface area contributed by atoms with E-state index in [1.165, 1.54) is 0 Å². The van der Waals surface area contributed by atoms with Gasteiger partial charge in [-0.1, -0.05) is 15.9 Å². The van der Waals surface area contributed by atoms with E-state index in [4.69, 9.17) is 0 Å². The van der Waals surface area contributed by atoms with Crippen molar-refractivity contribution in [3.63, 3.8) is 0 Å². The summed E-state index contributed by atoms with van der Waals surface area (Å²) >= 11 is 3.37. The number of hydrogen-bond donors (Lipinski definition) is 0. The maximum Gasteiger partial charge on any atom is 0.261 e. The third-order valence-corrected chi connectivity index (χ3v) is 2.92. The van der Waals surface area contributed by atoms with Crippen molar-refractivity contribution in [2.24, 2.45) is 0 Å². The van der Waals surface area contributed by atoms with Gasteiger partial charge in [-0.2, -0.15) is 0 Å². The molecule has 0 N–H and O–H groups in total. The standard InChI is InChI=1S/C11H11BrN2O/c1-3-14-7(2)13-10-6-8(12)4-5-9(10)11(14)15/h4-6H,3H2,1-2H3. The number of nitrogens with zero attached hydrogens (tertiary/aromatic N) is 2. The van der Waals surface area contributed by atoms with Gasteiger partial charge in [0, 0.05) is 11.0 Å². The molecule has 4 heteroatoms. The summed E-state index contributed by atoms with van der Waals surface area (Å²) in [5, 5.41) is 0.672. The first-order valence-corrected chi connectivity index (χ1v) is 5.59. The minimum absolute atomic E-state index is 0.0347. The Morgan fingerprint density at radius 2 is 2.20 bits per heavy atom. The molecular weight excluding hydrogens is 256 g/mol. The van der Waals surface area contributed by atoms with Gasteiger partial charge in [0.1, 0.15) is 5.82 Å². The zero-order valence-electron chi connectivity index (χ0n) is 8.62. The number of aryl methyl sites for hydroxylation is 1. The van der Waals surface area contributed by atoms with Gasteiger partial charge in [-0.05, 0) is 32.0 Å². The molecule has 0 saturated carbocycles. The van der Waals surface area contributed by atoms with Crippen LogP contribution in [0.25, 0.3) is 10.9 Å². The van der Waals surface area contributed by atoms with Gasteiger partial charge in [0.25, 0.3) is 5.56 Å². The van der Waals surface area contributed by atoms with Crippen LogP contribution in [0, 0.1) is 6.92 Å². The van der Waals surface area contributed by atoms with E-state index in [1.54, 1.807) is 10.6 Å². The third kappa shape index (κ3) is 1.69. The van der Waals surface area contributed by atoms with E-state index < -0.39 is 0 Å². The van der Waals surface area contributed by atoms with Gasteiger partial charge in [0.15, 0.2) is 0 Å². The number of aromatic nitrogens is 2. The SMILES string of the molecule is CCn1c(C)nc2cc(Br)ccc2c1=O. The fraction of sp³-hybridized carbons (Fsp3) is 0.273. The fourth-order valence-electron chi connectivity index (χ4n) is 1.68. The Morgan fingerprint density at radius 3 is 2.87 bits per heavy atom. The Kier molecular flexibility index (Phi) is 2.61. The number of hydrogen-bond acceptors (Lipinski definition) is 2. The zero-order chi connectivity index (χ0) is 11.0. The lowest BCUT2D eigenvalue weighted by Crippen LogP contribution is -2.22. The van der Waals surface area contributed by atoms with E-state index in [2.05, 4.69) is 20.9 Å². The molecule has 1 aromatic heterocycles. The largest absolute Gasteiger partial charge is 0.297 e. The van der Waals surface area contributed by atoms with Crippen LogP contribution in [0.1, 0.15) is 12.7 Å². The molecule has 0 saturated heterocycles. The second-order valence-corrected chi connectivity index (χ2v) is 4.29. The zero-order valence-corrected chi connectivity index (χ0v) is 10.2. The smallest absolute Gasteiger partial charge is 0.261 e. The number of rotatable bonds is 1. The molecule has 78 valence electrons. The molecule has 3 nitrogen and oxygen atoms in total. The summed E-state index contributed by atoms with van der Waals surface area (Å²) in [5.41, 5.74) is 0.782. The van der Waals surface area contributed by atoms with Crippen molar-refractivity contribution < 1.29 is 0 Å². The molecule has 0 fully saturated rings. The van der Waals surface area contributed by atoms with Crippen molar-refractivity contribution in [3.8, 4) is 0 Å². The van der Waals surface area contributed by atoms with Gasteiger partial charge in [0.2, 0.25) is 0 Å². The summed E-state index contributed by atoms with van der Waals surface area (Å²) < 4.78 is 2.62. The van der Waals surface area contributed by atoms with E-state index in [1.807, 2.05) is 26.0 Å². The van der Waals surface area contributed by atoms with Crippen LogP contribution in [0.4, 0.5) is 0 Å². The monoisotopic (exact) mass is 266 g/mol. The normalized spacial score (nSPS) is 10.9. The van der Waals surface area contributed by atoms with Gasteiger partial charge in [-0.3, -0.25) is 9.36 Å². The Morgan fingerprint density at radius 1 is 1.47 bits per heavy atom. The summed E-state index contributed by atoms with van der Waals surface area (Å²) in [6, 6.07) is 5.53. The maximum atomic E-state index is 12.0. The van der Waals surface area contributed by atoms with Gasteiger partial charge in [0.05, 0.1) is 10.9 Å². The maximum absolute atomic E-state index is 12.0.